The van der Waals surface area contributed by atoms with Crippen molar-refractivity contribution < 1.29 is 19.0 Å². The number of amides is 1. The number of carbonyl (C=O) groups excluding carboxylic acids is 1. The number of nitrogens with one attached hydrogen (secondary N) is 2. The number of hydrogen-bond acceptors (Lipinski definition) is 7. The molecule has 0 saturated carbocycles. The first-order valence-corrected chi connectivity index (χ1v) is 9.84. The number of methoxy groups -OCH3 is 1. The van der Waals surface area contributed by atoms with E-state index < -0.39 is 0 Å². The molecule has 8 heteroatoms. The molecular weight excluding hydrogens is 366 g/mol. The van der Waals surface area contributed by atoms with Crippen molar-refractivity contribution in [3.05, 3.63) is 29.3 Å². The number of benzene rings is 1. The number of piperidine rings is 1. The zero-order chi connectivity index (χ0) is 18.7. The number of hydrogen-bond donors (Lipinski definition) is 2. The number of carbonyl (C=O) groups is 1. The Kier molecular flexibility index (Phi) is 5.29. The van der Waals surface area contributed by atoms with Crippen LogP contribution in [-0.2, 0) is 4.74 Å². The Hall–Kier alpha value is -2.16. The first kappa shape index (κ1) is 18.2. The molecule has 7 nitrogen and oxygen atoms in total. The van der Waals surface area contributed by atoms with Gasteiger partial charge in [-0.3, -0.25) is 4.79 Å². The van der Waals surface area contributed by atoms with Crippen LogP contribution in [0.2, 0.25) is 0 Å². The molecule has 1 amide bonds. The highest BCUT2D eigenvalue weighted by atomic mass is 32.1. The van der Waals surface area contributed by atoms with Gasteiger partial charge in [0.25, 0.3) is 5.91 Å². The zero-order valence-corrected chi connectivity index (χ0v) is 16.1. The fourth-order valence-corrected chi connectivity index (χ4v) is 4.36. The van der Waals surface area contributed by atoms with Crippen molar-refractivity contribution >= 4 is 17.2 Å². The van der Waals surface area contributed by atoms with E-state index in [0.717, 1.165) is 42.3 Å². The molecule has 0 aliphatic carbocycles. The van der Waals surface area contributed by atoms with Crippen molar-refractivity contribution in [2.45, 2.75) is 12.8 Å². The quantitative estimate of drug-likeness (QED) is 0.789. The second-order valence-corrected chi connectivity index (χ2v) is 7.99. The third-order valence-electron chi connectivity index (χ3n) is 5.09. The van der Waals surface area contributed by atoms with Crippen LogP contribution in [0.1, 0.15) is 22.5 Å². The van der Waals surface area contributed by atoms with Crippen LogP contribution in [0.5, 0.6) is 11.5 Å². The van der Waals surface area contributed by atoms with Gasteiger partial charge in [-0.05, 0) is 44.1 Å². The molecule has 2 aromatic rings. The van der Waals surface area contributed by atoms with Gasteiger partial charge < -0.3 is 24.8 Å². The number of nitrogens with zero attached hydrogens (tertiary/aromatic N) is 1. The topological polar surface area (TPSA) is 81.7 Å². The highest BCUT2D eigenvalue weighted by Crippen LogP contribution is 2.37. The summed E-state index contributed by atoms with van der Waals surface area (Å²) < 4.78 is 16.2. The number of aromatic nitrogens is 1. The summed E-state index contributed by atoms with van der Waals surface area (Å²) in [5, 5.41) is 7.23. The van der Waals surface area contributed by atoms with Crippen LogP contribution >= 0.6 is 11.3 Å². The average Bonchev–Trinajstić information content (AvgIpc) is 3.36. The predicted molar refractivity (Wildman–Crippen MR) is 102 cm³/mol. The Balaban J connectivity index is 1.42. The summed E-state index contributed by atoms with van der Waals surface area (Å²) >= 11 is 1.38. The van der Waals surface area contributed by atoms with Gasteiger partial charge in [-0.15, -0.1) is 11.3 Å². The van der Waals surface area contributed by atoms with Crippen molar-refractivity contribution in [1.82, 2.24) is 15.6 Å². The monoisotopic (exact) mass is 389 g/mol. The summed E-state index contributed by atoms with van der Waals surface area (Å²) in [7, 11) is 1.71. The van der Waals surface area contributed by atoms with Crippen molar-refractivity contribution in [2.75, 3.05) is 40.1 Å². The van der Waals surface area contributed by atoms with Crippen LogP contribution < -0.4 is 20.1 Å². The summed E-state index contributed by atoms with van der Waals surface area (Å²) in [6, 6.07) is 5.69. The van der Waals surface area contributed by atoms with E-state index in [1.165, 1.54) is 11.3 Å². The van der Waals surface area contributed by atoms with E-state index >= 15 is 0 Å². The van der Waals surface area contributed by atoms with Crippen LogP contribution in [0, 0.1) is 5.41 Å². The maximum Gasteiger partial charge on any atom is 0.263 e. The van der Waals surface area contributed by atoms with Crippen molar-refractivity contribution in [2.24, 2.45) is 5.41 Å². The standard InChI is InChI=1S/C19H23N3O4S/c1-24-11-19(4-6-20-7-5-19)10-22-17(23)16-9-21-18(27-16)13-2-3-14-15(8-13)26-12-25-14/h2-3,8-9,20H,4-7,10-12H2,1H3,(H,22,23). The van der Waals surface area contributed by atoms with Crippen LogP contribution in [0.3, 0.4) is 0 Å². The highest BCUT2D eigenvalue weighted by molar-refractivity contribution is 7.16. The molecule has 0 atom stereocenters. The molecule has 0 unspecified atom stereocenters. The molecule has 0 bridgehead atoms. The summed E-state index contributed by atoms with van der Waals surface area (Å²) in [6.45, 7) is 3.41. The smallest absolute Gasteiger partial charge is 0.263 e. The third-order valence-corrected chi connectivity index (χ3v) is 6.13. The maximum absolute atomic E-state index is 12.6. The van der Waals surface area contributed by atoms with E-state index in [2.05, 4.69) is 15.6 Å². The summed E-state index contributed by atoms with van der Waals surface area (Å²) in [5.74, 6) is 1.35. The Bertz CT molecular complexity index is 812. The van der Waals surface area contributed by atoms with Gasteiger partial charge >= 0.3 is 0 Å². The first-order valence-electron chi connectivity index (χ1n) is 9.03. The van der Waals surface area contributed by atoms with Gasteiger partial charge in [-0.25, -0.2) is 4.98 Å². The van der Waals surface area contributed by atoms with Crippen molar-refractivity contribution in [3.63, 3.8) is 0 Å². The minimum Gasteiger partial charge on any atom is -0.454 e. The molecule has 1 aromatic heterocycles. The number of ether oxygens (including phenoxy) is 3. The lowest BCUT2D eigenvalue weighted by Gasteiger charge is -2.37. The van der Waals surface area contributed by atoms with E-state index in [0.29, 0.717) is 23.8 Å². The zero-order valence-electron chi connectivity index (χ0n) is 15.2. The van der Waals surface area contributed by atoms with E-state index in [1.807, 2.05) is 18.2 Å². The number of fused-ring (bicyclic) bond motifs is 1. The van der Waals surface area contributed by atoms with Gasteiger partial charge in [-0.1, -0.05) is 0 Å². The molecule has 0 radical (unpaired) electrons. The fourth-order valence-electron chi connectivity index (χ4n) is 3.53. The molecule has 3 heterocycles. The molecule has 2 aliphatic rings. The van der Waals surface area contributed by atoms with E-state index in [-0.39, 0.29) is 18.1 Å². The lowest BCUT2D eigenvalue weighted by Crippen LogP contribution is -2.47. The predicted octanol–water partition coefficient (Wildman–Crippen LogP) is 2.28. The highest BCUT2D eigenvalue weighted by Gasteiger charge is 2.32. The molecular formula is C19H23N3O4S. The Morgan fingerprint density at radius 2 is 2.15 bits per heavy atom. The SMILES string of the molecule is COCC1(CNC(=O)c2cnc(-c3ccc4c(c3)OCO4)s2)CCNCC1. The second kappa shape index (κ2) is 7.84. The molecule has 4 rings (SSSR count). The molecule has 2 aliphatic heterocycles. The van der Waals surface area contributed by atoms with Gasteiger partial charge in [-0.2, -0.15) is 0 Å². The van der Waals surface area contributed by atoms with Gasteiger partial charge in [0.05, 0.1) is 12.8 Å². The van der Waals surface area contributed by atoms with E-state index in [9.17, 15) is 4.79 Å². The summed E-state index contributed by atoms with van der Waals surface area (Å²) in [5.41, 5.74) is 0.915. The minimum atomic E-state index is -0.0893. The lowest BCUT2D eigenvalue weighted by molar-refractivity contribution is 0.0512. The molecule has 0 spiro atoms. The maximum atomic E-state index is 12.6. The van der Waals surface area contributed by atoms with E-state index in [1.54, 1.807) is 13.3 Å². The summed E-state index contributed by atoms with van der Waals surface area (Å²) in [4.78, 5) is 17.6. The largest absolute Gasteiger partial charge is 0.454 e. The van der Waals surface area contributed by atoms with Crippen molar-refractivity contribution in [1.29, 1.82) is 0 Å². The van der Waals surface area contributed by atoms with Crippen LogP contribution in [0.15, 0.2) is 24.4 Å². The Morgan fingerprint density at radius 3 is 2.96 bits per heavy atom. The number of rotatable bonds is 6. The summed E-state index contributed by atoms with van der Waals surface area (Å²) in [6.07, 6.45) is 3.61. The first-order chi connectivity index (χ1) is 13.2. The van der Waals surface area contributed by atoms with Crippen LogP contribution in [0.4, 0.5) is 0 Å². The normalized spacial score (nSPS) is 17.7. The van der Waals surface area contributed by atoms with Crippen LogP contribution in [0.25, 0.3) is 10.6 Å². The van der Waals surface area contributed by atoms with Crippen molar-refractivity contribution in [3.8, 4) is 22.1 Å². The molecule has 2 N–H and O–H groups in total. The van der Waals surface area contributed by atoms with Gasteiger partial charge in [0.15, 0.2) is 11.5 Å². The third kappa shape index (κ3) is 3.92. The molecule has 144 valence electrons. The second-order valence-electron chi connectivity index (χ2n) is 6.96. The fraction of sp³-hybridized carbons (Fsp3) is 0.474. The Morgan fingerprint density at radius 1 is 1.33 bits per heavy atom. The molecule has 1 fully saturated rings. The molecule has 1 saturated heterocycles. The minimum absolute atomic E-state index is 0.000497. The van der Waals surface area contributed by atoms with Gasteiger partial charge in [0, 0.05) is 24.6 Å². The van der Waals surface area contributed by atoms with Gasteiger partial charge in [0.2, 0.25) is 6.79 Å². The molecule has 1 aromatic carbocycles. The lowest BCUT2D eigenvalue weighted by atomic mass is 9.79. The Labute approximate surface area is 162 Å². The molecule has 27 heavy (non-hydrogen) atoms. The number of thiazole rings is 1. The van der Waals surface area contributed by atoms with E-state index in [4.69, 9.17) is 14.2 Å². The van der Waals surface area contributed by atoms with Gasteiger partial charge in [0.1, 0.15) is 9.88 Å². The van der Waals surface area contributed by atoms with Crippen LogP contribution in [-0.4, -0.2) is 51.0 Å². The average molecular weight is 389 g/mol.